The molecule has 2 heteroatoms. The van der Waals surface area contributed by atoms with Gasteiger partial charge in [0.1, 0.15) is 0 Å². The second-order valence-corrected chi connectivity index (χ2v) is 6.99. The average molecular weight is 344 g/mol. The number of hydrogen-bond acceptors (Lipinski definition) is 1. The highest BCUT2D eigenvalue weighted by molar-refractivity contribution is 9.10. The van der Waals surface area contributed by atoms with E-state index in [4.69, 9.17) is 0 Å². The Balaban J connectivity index is 1.58. The van der Waals surface area contributed by atoms with Crippen molar-refractivity contribution in [3.63, 3.8) is 0 Å². The second-order valence-electron chi connectivity index (χ2n) is 6.13. The molecule has 1 N–H and O–H groups in total. The number of hydrogen-bond donors (Lipinski definition) is 1. The minimum Gasteiger partial charge on any atom is -0.307 e. The molecule has 2 aromatic rings. The minimum atomic E-state index is 0.392. The topological polar surface area (TPSA) is 12.0 Å². The molecule has 1 fully saturated rings. The first-order valence-electron chi connectivity index (χ1n) is 7.71. The summed E-state index contributed by atoms with van der Waals surface area (Å²) in [5.41, 5.74) is 4.31. The molecule has 1 aliphatic carbocycles. The van der Waals surface area contributed by atoms with Crippen LogP contribution in [0, 0.1) is 6.92 Å². The molecule has 0 aromatic heterocycles. The lowest BCUT2D eigenvalue weighted by Gasteiger charge is -2.39. The van der Waals surface area contributed by atoms with Gasteiger partial charge in [-0.1, -0.05) is 58.4 Å². The highest BCUT2D eigenvalue weighted by Gasteiger charge is 2.31. The molecule has 0 radical (unpaired) electrons. The van der Waals surface area contributed by atoms with Crippen molar-refractivity contribution in [1.82, 2.24) is 5.32 Å². The minimum absolute atomic E-state index is 0.392. The van der Waals surface area contributed by atoms with Crippen LogP contribution < -0.4 is 5.32 Å². The first-order valence-corrected chi connectivity index (χ1v) is 8.50. The quantitative estimate of drug-likeness (QED) is 0.788. The zero-order chi connectivity index (χ0) is 14.8. The SMILES string of the molecule is Cc1ccccc1C1CC(N[C@H](C)c2ccccc2Br)C1. The summed E-state index contributed by atoms with van der Waals surface area (Å²) in [6.45, 7) is 4.47. The Kier molecular flexibility index (Phi) is 4.46. The zero-order valence-corrected chi connectivity index (χ0v) is 14.2. The van der Waals surface area contributed by atoms with Gasteiger partial charge in [-0.2, -0.15) is 0 Å². The summed E-state index contributed by atoms with van der Waals surface area (Å²) in [6.07, 6.45) is 2.50. The van der Waals surface area contributed by atoms with E-state index in [2.05, 4.69) is 83.6 Å². The molecule has 0 aliphatic heterocycles. The van der Waals surface area contributed by atoms with Crippen LogP contribution in [0.4, 0.5) is 0 Å². The van der Waals surface area contributed by atoms with Crippen LogP contribution in [-0.4, -0.2) is 6.04 Å². The van der Waals surface area contributed by atoms with Gasteiger partial charge in [-0.15, -0.1) is 0 Å². The third-order valence-electron chi connectivity index (χ3n) is 4.62. The van der Waals surface area contributed by atoms with Gasteiger partial charge in [0.05, 0.1) is 0 Å². The third kappa shape index (κ3) is 3.22. The Morgan fingerprint density at radius 3 is 2.43 bits per heavy atom. The van der Waals surface area contributed by atoms with Crippen LogP contribution in [0.5, 0.6) is 0 Å². The van der Waals surface area contributed by atoms with Crippen LogP contribution in [0.3, 0.4) is 0 Å². The van der Waals surface area contributed by atoms with Crippen molar-refractivity contribution in [3.05, 3.63) is 69.7 Å². The molecule has 1 atom stereocenters. The summed E-state index contributed by atoms with van der Waals surface area (Å²) in [7, 11) is 0. The Bertz CT molecular complexity index is 616. The standard InChI is InChI=1S/C19H22BrN/c1-13-7-3-4-8-17(13)15-11-16(12-15)21-14(2)18-9-5-6-10-19(18)20/h3-10,14-16,21H,11-12H2,1-2H3/t14-,15?,16?/m1/s1. The molecule has 0 spiro atoms. The Morgan fingerprint density at radius 1 is 1.05 bits per heavy atom. The van der Waals surface area contributed by atoms with Crippen molar-refractivity contribution in [2.24, 2.45) is 0 Å². The molecule has 3 rings (SSSR count). The summed E-state index contributed by atoms with van der Waals surface area (Å²) in [4.78, 5) is 0. The Labute approximate surface area is 135 Å². The van der Waals surface area contributed by atoms with Crippen molar-refractivity contribution in [2.45, 2.75) is 44.7 Å². The van der Waals surface area contributed by atoms with E-state index in [0.29, 0.717) is 12.1 Å². The van der Waals surface area contributed by atoms with E-state index in [1.165, 1.54) is 34.0 Å². The maximum Gasteiger partial charge on any atom is 0.0305 e. The molecule has 1 aliphatic rings. The lowest BCUT2D eigenvalue weighted by Crippen LogP contribution is -2.41. The van der Waals surface area contributed by atoms with Gasteiger partial charge in [0, 0.05) is 16.6 Å². The van der Waals surface area contributed by atoms with Crippen LogP contribution in [-0.2, 0) is 0 Å². The first-order chi connectivity index (χ1) is 10.1. The van der Waals surface area contributed by atoms with E-state index in [9.17, 15) is 0 Å². The van der Waals surface area contributed by atoms with Gasteiger partial charge in [0.25, 0.3) is 0 Å². The Morgan fingerprint density at radius 2 is 1.71 bits per heavy atom. The van der Waals surface area contributed by atoms with Crippen molar-refractivity contribution < 1.29 is 0 Å². The summed E-state index contributed by atoms with van der Waals surface area (Å²) < 4.78 is 1.19. The van der Waals surface area contributed by atoms with E-state index >= 15 is 0 Å². The summed E-state index contributed by atoms with van der Waals surface area (Å²) >= 11 is 3.64. The number of aryl methyl sites for hydroxylation is 1. The van der Waals surface area contributed by atoms with Gasteiger partial charge in [-0.3, -0.25) is 0 Å². The molecule has 0 bridgehead atoms. The van der Waals surface area contributed by atoms with Crippen molar-refractivity contribution in [3.8, 4) is 0 Å². The van der Waals surface area contributed by atoms with Crippen LogP contribution >= 0.6 is 15.9 Å². The molecule has 0 unspecified atom stereocenters. The predicted molar refractivity (Wildman–Crippen MR) is 92.6 cm³/mol. The fraction of sp³-hybridized carbons (Fsp3) is 0.368. The van der Waals surface area contributed by atoms with Gasteiger partial charge in [-0.25, -0.2) is 0 Å². The lowest BCUT2D eigenvalue weighted by molar-refractivity contribution is 0.270. The highest BCUT2D eigenvalue weighted by atomic mass is 79.9. The Hall–Kier alpha value is -1.12. The van der Waals surface area contributed by atoms with Crippen LogP contribution in [0.25, 0.3) is 0 Å². The smallest absolute Gasteiger partial charge is 0.0305 e. The summed E-state index contributed by atoms with van der Waals surface area (Å²) in [5.74, 6) is 0.732. The molecule has 2 aromatic carbocycles. The number of halogens is 1. The number of rotatable bonds is 4. The van der Waals surface area contributed by atoms with Crippen LogP contribution in [0.2, 0.25) is 0 Å². The monoisotopic (exact) mass is 343 g/mol. The maximum absolute atomic E-state index is 3.76. The molecule has 21 heavy (non-hydrogen) atoms. The normalized spacial score (nSPS) is 22.6. The first kappa shape index (κ1) is 14.8. The van der Waals surface area contributed by atoms with E-state index in [1.54, 1.807) is 0 Å². The number of nitrogens with one attached hydrogen (secondary N) is 1. The number of benzene rings is 2. The summed E-state index contributed by atoms with van der Waals surface area (Å²) in [5, 5.41) is 3.76. The van der Waals surface area contributed by atoms with Gasteiger partial charge >= 0.3 is 0 Å². The lowest BCUT2D eigenvalue weighted by atomic mass is 9.74. The van der Waals surface area contributed by atoms with Crippen molar-refractivity contribution in [2.75, 3.05) is 0 Å². The molecule has 0 saturated heterocycles. The van der Waals surface area contributed by atoms with Gasteiger partial charge in [-0.05, 0) is 55.4 Å². The molecule has 0 heterocycles. The molecule has 110 valence electrons. The van der Waals surface area contributed by atoms with Gasteiger partial charge < -0.3 is 5.32 Å². The maximum atomic E-state index is 3.76. The second kappa shape index (κ2) is 6.33. The fourth-order valence-electron chi connectivity index (χ4n) is 3.32. The van der Waals surface area contributed by atoms with Gasteiger partial charge in [0.15, 0.2) is 0 Å². The average Bonchev–Trinajstić information content (AvgIpc) is 2.44. The molecule has 0 amide bonds. The van der Waals surface area contributed by atoms with Crippen molar-refractivity contribution in [1.29, 1.82) is 0 Å². The van der Waals surface area contributed by atoms with Gasteiger partial charge in [0.2, 0.25) is 0 Å². The zero-order valence-electron chi connectivity index (χ0n) is 12.6. The van der Waals surface area contributed by atoms with E-state index in [1.807, 2.05) is 0 Å². The van der Waals surface area contributed by atoms with Crippen LogP contribution in [0.15, 0.2) is 53.0 Å². The largest absolute Gasteiger partial charge is 0.307 e. The molecule has 1 saturated carbocycles. The molecular formula is C19H22BrN. The predicted octanol–water partition coefficient (Wildman–Crippen LogP) is 5.35. The third-order valence-corrected chi connectivity index (χ3v) is 5.35. The fourth-order valence-corrected chi connectivity index (χ4v) is 3.95. The molecule has 1 nitrogen and oxygen atoms in total. The van der Waals surface area contributed by atoms with E-state index < -0.39 is 0 Å². The summed E-state index contributed by atoms with van der Waals surface area (Å²) in [6, 6.07) is 18.3. The van der Waals surface area contributed by atoms with E-state index in [0.717, 1.165) is 5.92 Å². The highest BCUT2D eigenvalue weighted by Crippen LogP contribution is 2.39. The van der Waals surface area contributed by atoms with E-state index in [-0.39, 0.29) is 0 Å². The van der Waals surface area contributed by atoms with Crippen molar-refractivity contribution >= 4 is 15.9 Å². The van der Waals surface area contributed by atoms with Crippen LogP contribution in [0.1, 0.15) is 48.4 Å². The molecular weight excluding hydrogens is 322 g/mol.